The molecule has 10 nitrogen and oxygen atoms in total. The molecule has 5 rings (SSSR count). The second kappa shape index (κ2) is 8.70. The molecule has 182 valence electrons. The van der Waals surface area contributed by atoms with E-state index in [1.165, 1.54) is 0 Å². The van der Waals surface area contributed by atoms with E-state index in [2.05, 4.69) is 15.5 Å². The lowest BCUT2D eigenvalue weighted by Gasteiger charge is -2.48. The maximum atomic E-state index is 12.9. The molecule has 0 aliphatic carbocycles. The summed E-state index contributed by atoms with van der Waals surface area (Å²) in [5.41, 5.74) is 1.60. The summed E-state index contributed by atoms with van der Waals surface area (Å²) in [4.78, 5) is 61.1. The van der Waals surface area contributed by atoms with E-state index in [9.17, 15) is 32.3 Å². The number of carbonyl (C=O) groups excluding carboxylic acids is 4. The largest absolute Gasteiger partial charge is 0.490 e. The number of carbonyl (C=O) groups is 5. The molecule has 1 unspecified atom stereocenters. The molecule has 1 atom stereocenters. The molecule has 34 heavy (non-hydrogen) atoms. The molecule has 4 aliphatic heterocycles. The van der Waals surface area contributed by atoms with Crippen molar-refractivity contribution in [1.29, 1.82) is 0 Å². The molecular formula is C21H21F3N4O6. The fourth-order valence-corrected chi connectivity index (χ4v) is 4.32. The Morgan fingerprint density at radius 1 is 1.00 bits per heavy atom. The van der Waals surface area contributed by atoms with E-state index in [1.807, 2.05) is 6.07 Å². The van der Waals surface area contributed by atoms with Crippen LogP contribution in [0, 0.1) is 11.8 Å². The Bertz CT molecular complexity index is 1070. The maximum absolute atomic E-state index is 12.9. The maximum Gasteiger partial charge on any atom is 0.490 e. The van der Waals surface area contributed by atoms with Crippen molar-refractivity contribution in [2.75, 3.05) is 31.1 Å². The number of nitrogens with one attached hydrogen (secondary N) is 2. The third-order valence-electron chi connectivity index (χ3n) is 6.42. The van der Waals surface area contributed by atoms with Gasteiger partial charge in [0.05, 0.1) is 11.1 Å². The van der Waals surface area contributed by atoms with Crippen LogP contribution in [0.1, 0.15) is 33.6 Å². The molecule has 1 aromatic carbocycles. The van der Waals surface area contributed by atoms with Crippen molar-refractivity contribution in [2.45, 2.75) is 25.1 Å². The molecule has 4 amide bonds. The first-order valence-corrected chi connectivity index (χ1v) is 10.6. The second-order valence-electron chi connectivity index (χ2n) is 8.56. The number of amides is 4. The Morgan fingerprint density at radius 3 is 2.15 bits per heavy atom. The number of imide groups is 2. The van der Waals surface area contributed by atoms with E-state index in [0.717, 1.165) is 42.7 Å². The Labute approximate surface area is 191 Å². The van der Waals surface area contributed by atoms with Crippen LogP contribution in [-0.2, 0) is 14.4 Å². The van der Waals surface area contributed by atoms with Crippen LogP contribution in [-0.4, -0.2) is 78.0 Å². The summed E-state index contributed by atoms with van der Waals surface area (Å²) in [5.74, 6) is -3.21. The molecule has 3 fully saturated rings. The van der Waals surface area contributed by atoms with Gasteiger partial charge in [-0.25, -0.2) is 4.79 Å². The summed E-state index contributed by atoms with van der Waals surface area (Å²) in [6.45, 7) is 4.08. The first kappa shape index (κ1) is 23.7. The van der Waals surface area contributed by atoms with Crippen LogP contribution in [0.3, 0.4) is 0 Å². The highest BCUT2D eigenvalue weighted by atomic mass is 19.4. The Balaban J connectivity index is 0.000000344. The first-order valence-electron chi connectivity index (χ1n) is 10.6. The predicted molar refractivity (Wildman–Crippen MR) is 109 cm³/mol. The zero-order chi connectivity index (χ0) is 24.8. The molecule has 0 aromatic heterocycles. The Hall–Kier alpha value is -3.48. The number of halogens is 3. The van der Waals surface area contributed by atoms with Crippen LogP contribution in [0.4, 0.5) is 18.9 Å². The van der Waals surface area contributed by atoms with Gasteiger partial charge in [-0.2, -0.15) is 13.2 Å². The quantitative estimate of drug-likeness (QED) is 0.526. The number of aliphatic carboxylic acids is 1. The molecule has 0 radical (unpaired) electrons. The molecule has 3 N–H and O–H groups in total. The number of carboxylic acids is 1. The van der Waals surface area contributed by atoms with Gasteiger partial charge in [-0.15, -0.1) is 0 Å². The molecule has 4 aliphatic rings. The van der Waals surface area contributed by atoms with Gasteiger partial charge >= 0.3 is 12.1 Å². The van der Waals surface area contributed by atoms with Crippen molar-refractivity contribution >= 4 is 35.3 Å². The zero-order valence-electron chi connectivity index (χ0n) is 17.7. The van der Waals surface area contributed by atoms with Crippen LogP contribution in [0.2, 0.25) is 0 Å². The van der Waals surface area contributed by atoms with Gasteiger partial charge in [0.15, 0.2) is 0 Å². The highest BCUT2D eigenvalue weighted by Crippen LogP contribution is 2.35. The van der Waals surface area contributed by atoms with Crippen molar-refractivity contribution in [2.24, 2.45) is 11.8 Å². The van der Waals surface area contributed by atoms with Gasteiger partial charge in [0.25, 0.3) is 11.8 Å². The minimum absolute atomic E-state index is 0.125. The van der Waals surface area contributed by atoms with Gasteiger partial charge in [-0.3, -0.25) is 29.4 Å². The number of rotatable bonds is 3. The minimum Gasteiger partial charge on any atom is -0.475 e. The topological polar surface area (TPSA) is 136 Å². The van der Waals surface area contributed by atoms with Crippen molar-refractivity contribution < 1.29 is 42.3 Å². The number of nitrogens with zero attached hydrogens (tertiary/aromatic N) is 2. The summed E-state index contributed by atoms with van der Waals surface area (Å²) < 4.78 is 31.7. The highest BCUT2D eigenvalue weighted by molar-refractivity contribution is 6.23. The lowest BCUT2D eigenvalue weighted by molar-refractivity contribution is -0.192. The molecule has 3 saturated heterocycles. The van der Waals surface area contributed by atoms with Gasteiger partial charge in [-0.1, -0.05) is 0 Å². The van der Waals surface area contributed by atoms with Crippen LogP contribution in [0.15, 0.2) is 18.2 Å². The average Bonchev–Trinajstić information content (AvgIpc) is 2.93. The van der Waals surface area contributed by atoms with Gasteiger partial charge in [-0.05, 0) is 49.5 Å². The van der Waals surface area contributed by atoms with Crippen LogP contribution >= 0.6 is 0 Å². The number of carboxylic acid groups (broad SMARTS) is 1. The summed E-state index contributed by atoms with van der Waals surface area (Å²) in [6, 6.07) is 4.39. The second-order valence-corrected chi connectivity index (χ2v) is 8.56. The zero-order valence-corrected chi connectivity index (χ0v) is 17.7. The number of piperidine rings is 1. The lowest BCUT2D eigenvalue weighted by Crippen LogP contribution is -2.58. The molecule has 13 heteroatoms. The summed E-state index contributed by atoms with van der Waals surface area (Å²) in [7, 11) is 0. The van der Waals surface area contributed by atoms with Crippen molar-refractivity contribution in [3.63, 3.8) is 0 Å². The lowest BCUT2D eigenvalue weighted by atomic mass is 9.81. The van der Waals surface area contributed by atoms with Gasteiger partial charge in [0, 0.05) is 25.2 Å². The summed E-state index contributed by atoms with van der Waals surface area (Å²) in [5, 5.41) is 12.6. The monoisotopic (exact) mass is 482 g/mol. The Kier molecular flexibility index (Phi) is 6.06. The number of benzene rings is 1. The highest BCUT2D eigenvalue weighted by Gasteiger charge is 2.45. The van der Waals surface area contributed by atoms with Crippen molar-refractivity contribution in [3.05, 3.63) is 29.3 Å². The van der Waals surface area contributed by atoms with E-state index in [4.69, 9.17) is 9.90 Å². The fraction of sp³-hybridized carbons (Fsp3) is 0.476. The smallest absolute Gasteiger partial charge is 0.475 e. The number of hydrogen-bond acceptors (Lipinski definition) is 7. The Morgan fingerprint density at radius 2 is 1.62 bits per heavy atom. The third kappa shape index (κ3) is 4.34. The van der Waals surface area contributed by atoms with Crippen molar-refractivity contribution in [1.82, 2.24) is 15.5 Å². The van der Waals surface area contributed by atoms with Crippen molar-refractivity contribution in [3.8, 4) is 0 Å². The molecule has 0 spiro atoms. The first-order chi connectivity index (χ1) is 16.0. The minimum atomic E-state index is -5.08. The third-order valence-corrected chi connectivity index (χ3v) is 6.42. The molecule has 0 bridgehead atoms. The summed E-state index contributed by atoms with van der Waals surface area (Å²) in [6.07, 6.45) is -4.79. The van der Waals surface area contributed by atoms with Crippen LogP contribution in [0.5, 0.6) is 0 Å². The van der Waals surface area contributed by atoms with Gasteiger partial charge < -0.3 is 15.3 Å². The predicted octanol–water partition coefficient (Wildman–Crippen LogP) is 0.377. The van der Waals surface area contributed by atoms with Gasteiger partial charge in [0.1, 0.15) is 6.04 Å². The molecule has 1 aromatic rings. The molecular weight excluding hydrogens is 461 g/mol. The average molecular weight is 482 g/mol. The molecule has 4 heterocycles. The number of anilines is 1. The fourth-order valence-electron chi connectivity index (χ4n) is 4.32. The number of hydrogen-bond donors (Lipinski definition) is 3. The van der Waals surface area contributed by atoms with Crippen LogP contribution < -0.4 is 15.5 Å². The standard InChI is InChI=1S/C19H20N4O4.C2HF3O2/c24-16-4-3-15(17(25)21-16)23-18(26)13-2-1-12(5-14(13)19(23)27)22-8-11(9-22)10-6-20-7-10;3-2(4,5)1(6)7/h1-2,5,10-11,15,20H,3-4,6-9H2,(H,21,24,25);(H,6,7). The molecule has 0 saturated carbocycles. The van der Waals surface area contributed by atoms with Crippen LogP contribution in [0.25, 0.3) is 0 Å². The van der Waals surface area contributed by atoms with E-state index >= 15 is 0 Å². The number of fused-ring (bicyclic) bond motifs is 1. The van der Waals surface area contributed by atoms with E-state index in [1.54, 1.807) is 12.1 Å². The van der Waals surface area contributed by atoms with E-state index < -0.39 is 35.9 Å². The number of alkyl halides is 3. The SMILES string of the molecule is O=C(O)C(F)(F)F.O=C1CCC(N2C(=O)c3ccc(N4CC(C5CNC5)C4)cc3C2=O)C(=O)N1. The summed E-state index contributed by atoms with van der Waals surface area (Å²) >= 11 is 0. The van der Waals surface area contributed by atoms with E-state index in [-0.39, 0.29) is 18.7 Å². The normalized spacial score (nSPS) is 23.0. The van der Waals surface area contributed by atoms with E-state index in [0.29, 0.717) is 17.0 Å². The van der Waals surface area contributed by atoms with Gasteiger partial charge in [0.2, 0.25) is 11.8 Å².